The highest BCUT2D eigenvalue weighted by atomic mass is 32.2. The number of hydrogen-bond donors (Lipinski definition) is 0. The number of hydrogen-bond acceptors (Lipinski definition) is 2. The van der Waals surface area contributed by atoms with Gasteiger partial charge in [-0.3, -0.25) is 4.79 Å². The number of thioether (sulfide) groups is 1. The fourth-order valence-electron chi connectivity index (χ4n) is 2.05. The molecule has 0 unspecified atom stereocenters. The molecule has 0 aliphatic carbocycles. The van der Waals surface area contributed by atoms with E-state index in [9.17, 15) is 9.18 Å². The van der Waals surface area contributed by atoms with Crippen molar-refractivity contribution in [3.63, 3.8) is 0 Å². The van der Waals surface area contributed by atoms with Crippen LogP contribution in [0.2, 0.25) is 0 Å². The van der Waals surface area contributed by atoms with Gasteiger partial charge in [-0.15, -0.1) is 11.8 Å². The predicted molar refractivity (Wildman–Crippen MR) is 72.1 cm³/mol. The summed E-state index contributed by atoms with van der Waals surface area (Å²) in [5.41, 5.74) is 0. The summed E-state index contributed by atoms with van der Waals surface area (Å²) in [5, 5.41) is 0. The van der Waals surface area contributed by atoms with E-state index in [0.717, 1.165) is 25.9 Å². The van der Waals surface area contributed by atoms with Crippen molar-refractivity contribution in [1.82, 2.24) is 4.90 Å². The van der Waals surface area contributed by atoms with Gasteiger partial charge in [-0.05, 0) is 30.9 Å². The van der Waals surface area contributed by atoms with Crippen LogP contribution in [0.25, 0.3) is 0 Å². The van der Waals surface area contributed by atoms with Crippen LogP contribution in [-0.2, 0) is 4.79 Å². The summed E-state index contributed by atoms with van der Waals surface area (Å²) in [5.74, 6) is 0.918. The minimum Gasteiger partial charge on any atom is -0.342 e. The third kappa shape index (κ3) is 3.48. The molecule has 2 rings (SSSR count). The standard InChI is InChI=1S/C14H18FNOS/c1-11-6-8-16(9-7-11)14(17)10-18-13-5-3-2-4-12(13)15/h2-5,11H,6-10H2,1H3. The summed E-state index contributed by atoms with van der Waals surface area (Å²) in [6.07, 6.45) is 2.16. The molecule has 0 radical (unpaired) electrons. The molecule has 0 N–H and O–H groups in total. The predicted octanol–water partition coefficient (Wildman–Crippen LogP) is 3.18. The van der Waals surface area contributed by atoms with Gasteiger partial charge < -0.3 is 4.90 Å². The van der Waals surface area contributed by atoms with E-state index in [-0.39, 0.29) is 11.7 Å². The Morgan fingerprint density at radius 2 is 2.06 bits per heavy atom. The number of likely N-dealkylation sites (tertiary alicyclic amines) is 1. The average Bonchev–Trinajstić information content (AvgIpc) is 2.38. The first-order valence-electron chi connectivity index (χ1n) is 6.32. The topological polar surface area (TPSA) is 20.3 Å². The van der Waals surface area contributed by atoms with Crippen molar-refractivity contribution in [2.45, 2.75) is 24.7 Å². The number of benzene rings is 1. The largest absolute Gasteiger partial charge is 0.342 e. The van der Waals surface area contributed by atoms with E-state index in [1.165, 1.54) is 17.8 Å². The van der Waals surface area contributed by atoms with Gasteiger partial charge in [-0.1, -0.05) is 19.1 Å². The lowest BCUT2D eigenvalue weighted by atomic mass is 9.99. The normalized spacial score (nSPS) is 16.9. The first-order valence-corrected chi connectivity index (χ1v) is 7.30. The second-order valence-electron chi connectivity index (χ2n) is 4.78. The third-order valence-corrected chi connectivity index (χ3v) is 4.36. The molecule has 1 fully saturated rings. The van der Waals surface area contributed by atoms with Gasteiger partial charge in [0.1, 0.15) is 5.82 Å². The van der Waals surface area contributed by atoms with Gasteiger partial charge in [0.2, 0.25) is 5.91 Å². The van der Waals surface area contributed by atoms with Crippen LogP contribution in [0.15, 0.2) is 29.2 Å². The van der Waals surface area contributed by atoms with Gasteiger partial charge >= 0.3 is 0 Å². The molecule has 18 heavy (non-hydrogen) atoms. The first-order chi connectivity index (χ1) is 8.66. The Labute approximate surface area is 112 Å². The lowest BCUT2D eigenvalue weighted by Gasteiger charge is -2.30. The second kappa shape index (κ2) is 6.23. The highest BCUT2D eigenvalue weighted by Gasteiger charge is 2.20. The third-order valence-electron chi connectivity index (χ3n) is 3.32. The van der Waals surface area contributed by atoms with Crippen LogP contribution in [0.1, 0.15) is 19.8 Å². The molecule has 1 amide bonds. The maximum atomic E-state index is 13.4. The van der Waals surface area contributed by atoms with Crippen LogP contribution < -0.4 is 0 Å². The molecule has 0 atom stereocenters. The molecular formula is C14H18FNOS. The summed E-state index contributed by atoms with van der Waals surface area (Å²) in [6, 6.07) is 6.59. The number of nitrogens with zero attached hydrogens (tertiary/aromatic N) is 1. The molecule has 1 aromatic carbocycles. The lowest BCUT2D eigenvalue weighted by molar-refractivity contribution is -0.129. The molecule has 0 aromatic heterocycles. The van der Waals surface area contributed by atoms with E-state index < -0.39 is 0 Å². The Hall–Kier alpha value is -1.03. The van der Waals surface area contributed by atoms with Gasteiger partial charge in [0, 0.05) is 18.0 Å². The quantitative estimate of drug-likeness (QED) is 0.784. The van der Waals surface area contributed by atoms with Crippen molar-refractivity contribution < 1.29 is 9.18 Å². The molecule has 1 aliphatic heterocycles. The average molecular weight is 267 g/mol. The SMILES string of the molecule is CC1CCN(C(=O)CSc2ccccc2F)CC1. The van der Waals surface area contributed by atoms with Crippen LogP contribution in [-0.4, -0.2) is 29.6 Å². The van der Waals surface area contributed by atoms with E-state index in [0.29, 0.717) is 16.6 Å². The molecule has 0 bridgehead atoms. The zero-order valence-electron chi connectivity index (χ0n) is 10.6. The van der Waals surface area contributed by atoms with E-state index in [2.05, 4.69) is 6.92 Å². The van der Waals surface area contributed by atoms with Gasteiger partial charge in [0.15, 0.2) is 0 Å². The minimum atomic E-state index is -0.248. The van der Waals surface area contributed by atoms with Gasteiger partial charge in [0.25, 0.3) is 0 Å². The summed E-state index contributed by atoms with van der Waals surface area (Å²) in [4.78, 5) is 14.4. The first kappa shape index (κ1) is 13.4. The van der Waals surface area contributed by atoms with Crippen molar-refractivity contribution in [3.05, 3.63) is 30.1 Å². The van der Waals surface area contributed by atoms with Crippen molar-refractivity contribution in [2.24, 2.45) is 5.92 Å². The highest BCUT2D eigenvalue weighted by molar-refractivity contribution is 8.00. The second-order valence-corrected chi connectivity index (χ2v) is 5.80. The molecule has 1 saturated heterocycles. The molecule has 1 aliphatic rings. The smallest absolute Gasteiger partial charge is 0.232 e. The van der Waals surface area contributed by atoms with Crippen LogP contribution >= 0.6 is 11.8 Å². The molecule has 1 heterocycles. The number of carbonyl (C=O) groups excluding carboxylic acids is 1. The number of piperidine rings is 1. The minimum absolute atomic E-state index is 0.121. The van der Waals surface area contributed by atoms with Crippen LogP contribution in [0.4, 0.5) is 4.39 Å². The number of rotatable bonds is 3. The molecule has 0 spiro atoms. The zero-order valence-corrected chi connectivity index (χ0v) is 11.4. The molecule has 4 heteroatoms. The Morgan fingerprint density at radius 3 is 2.72 bits per heavy atom. The van der Waals surface area contributed by atoms with E-state index in [1.807, 2.05) is 4.90 Å². The van der Waals surface area contributed by atoms with Crippen molar-refractivity contribution in [2.75, 3.05) is 18.8 Å². The van der Waals surface area contributed by atoms with E-state index >= 15 is 0 Å². The molecule has 98 valence electrons. The van der Waals surface area contributed by atoms with Crippen LogP contribution in [0.3, 0.4) is 0 Å². The number of carbonyl (C=O) groups is 1. The maximum absolute atomic E-state index is 13.4. The van der Waals surface area contributed by atoms with Crippen LogP contribution in [0.5, 0.6) is 0 Å². The molecule has 1 aromatic rings. The highest BCUT2D eigenvalue weighted by Crippen LogP contribution is 2.23. The zero-order chi connectivity index (χ0) is 13.0. The number of amides is 1. The van der Waals surface area contributed by atoms with E-state index in [1.54, 1.807) is 18.2 Å². The van der Waals surface area contributed by atoms with Gasteiger partial charge in [0.05, 0.1) is 5.75 Å². The Bertz CT molecular complexity index is 416. The van der Waals surface area contributed by atoms with Gasteiger partial charge in [-0.25, -0.2) is 4.39 Å². The Balaban J connectivity index is 1.83. The van der Waals surface area contributed by atoms with Crippen molar-refractivity contribution in [1.29, 1.82) is 0 Å². The fraction of sp³-hybridized carbons (Fsp3) is 0.500. The van der Waals surface area contributed by atoms with E-state index in [4.69, 9.17) is 0 Å². The fourth-order valence-corrected chi connectivity index (χ4v) is 2.89. The summed E-state index contributed by atoms with van der Waals surface area (Å²) in [6.45, 7) is 3.91. The van der Waals surface area contributed by atoms with Crippen LogP contribution in [0, 0.1) is 11.7 Å². The van der Waals surface area contributed by atoms with Crippen molar-refractivity contribution >= 4 is 17.7 Å². The Morgan fingerprint density at radius 1 is 1.39 bits per heavy atom. The summed E-state index contributed by atoms with van der Waals surface area (Å²) in [7, 11) is 0. The Kier molecular flexibility index (Phi) is 4.64. The summed E-state index contributed by atoms with van der Waals surface area (Å²) >= 11 is 1.28. The maximum Gasteiger partial charge on any atom is 0.232 e. The molecular weight excluding hydrogens is 249 g/mol. The monoisotopic (exact) mass is 267 g/mol. The van der Waals surface area contributed by atoms with Crippen molar-refractivity contribution in [3.8, 4) is 0 Å². The van der Waals surface area contributed by atoms with Gasteiger partial charge in [-0.2, -0.15) is 0 Å². The lowest BCUT2D eigenvalue weighted by Crippen LogP contribution is -2.38. The summed E-state index contributed by atoms with van der Waals surface area (Å²) < 4.78 is 13.4. The number of halogens is 1. The molecule has 0 saturated carbocycles. The molecule has 2 nitrogen and oxygen atoms in total.